The minimum absolute atomic E-state index is 0.00439. The molecular formula is C13H16N6O2. The summed E-state index contributed by atoms with van der Waals surface area (Å²) in [6.45, 7) is -0.0666. The van der Waals surface area contributed by atoms with Gasteiger partial charge in [0.05, 0.1) is 6.54 Å². The highest BCUT2D eigenvalue weighted by Crippen LogP contribution is 2.11. The van der Waals surface area contributed by atoms with Gasteiger partial charge in [-0.2, -0.15) is 4.80 Å². The smallest absolute Gasteiger partial charge is 0.246 e. The van der Waals surface area contributed by atoms with Crippen LogP contribution in [0.15, 0.2) is 30.3 Å². The minimum Gasteiger partial charge on any atom is -0.358 e. The summed E-state index contributed by atoms with van der Waals surface area (Å²) in [6, 6.07) is 9.36. The first-order chi connectivity index (χ1) is 10.1. The minimum atomic E-state index is -0.268. The van der Waals surface area contributed by atoms with Gasteiger partial charge in [0.25, 0.3) is 0 Å². The normalized spacial score (nSPS) is 10.2. The van der Waals surface area contributed by atoms with Crippen molar-refractivity contribution in [1.82, 2.24) is 30.4 Å². The zero-order valence-electron chi connectivity index (χ0n) is 11.9. The van der Waals surface area contributed by atoms with Crippen molar-refractivity contribution < 1.29 is 9.59 Å². The second-order valence-electron chi connectivity index (χ2n) is 4.43. The molecule has 2 amide bonds. The lowest BCUT2D eigenvalue weighted by Gasteiger charge is -2.15. The van der Waals surface area contributed by atoms with E-state index < -0.39 is 0 Å². The van der Waals surface area contributed by atoms with Crippen LogP contribution in [0, 0.1) is 0 Å². The van der Waals surface area contributed by atoms with E-state index in [0.717, 1.165) is 5.56 Å². The third-order valence-corrected chi connectivity index (χ3v) is 2.85. The Morgan fingerprint density at radius 2 is 2.00 bits per heavy atom. The van der Waals surface area contributed by atoms with Crippen LogP contribution in [0.2, 0.25) is 0 Å². The zero-order valence-corrected chi connectivity index (χ0v) is 11.9. The molecule has 1 aromatic heterocycles. The Morgan fingerprint density at radius 1 is 1.29 bits per heavy atom. The first-order valence-corrected chi connectivity index (χ1v) is 6.38. The molecule has 8 heteroatoms. The Bertz CT molecular complexity index is 625. The van der Waals surface area contributed by atoms with E-state index >= 15 is 0 Å². The van der Waals surface area contributed by atoms with E-state index in [1.165, 1.54) is 16.7 Å². The number of hydrogen-bond donors (Lipinski definition) is 1. The molecule has 0 unspecified atom stereocenters. The summed E-state index contributed by atoms with van der Waals surface area (Å²) >= 11 is 0. The molecule has 0 spiro atoms. The average Bonchev–Trinajstić information content (AvgIpc) is 2.96. The summed E-state index contributed by atoms with van der Waals surface area (Å²) in [5.74, 6) is -0.0460. The number of nitrogens with one attached hydrogen (secondary N) is 1. The van der Waals surface area contributed by atoms with E-state index in [0.29, 0.717) is 5.82 Å². The van der Waals surface area contributed by atoms with Crippen LogP contribution in [0.25, 0.3) is 11.4 Å². The molecule has 110 valence electrons. The number of nitrogens with zero attached hydrogens (tertiary/aromatic N) is 5. The molecule has 8 nitrogen and oxygen atoms in total. The van der Waals surface area contributed by atoms with Crippen molar-refractivity contribution in [2.24, 2.45) is 0 Å². The largest absolute Gasteiger partial charge is 0.358 e. The number of tetrazole rings is 1. The molecule has 1 N–H and O–H groups in total. The van der Waals surface area contributed by atoms with Crippen LogP contribution >= 0.6 is 0 Å². The number of amides is 2. The van der Waals surface area contributed by atoms with Gasteiger partial charge >= 0.3 is 0 Å². The lowest BCUT2D eigenvalue weighted by Crippen LogP contribution is -2.38. The predicted octanol–water partition coefficient (Wildman–Crippen LogP) is -0.455. The lowest BCUT2D eigenvalue weighted by molar-refractivity contribution is -0.135. The molecule has 21 heavy (non-hydrogen) atoms. The van der Waals surface area contributed by atoms with Crippen LogP contribution in [0.3, 0.4) is 0 Å². The van der Waals surface area contributed by atoms with Crippen molar-refractivity contribution in [3.63, 3.8) is 0 Å². The summed E-state index contributed by atoms with van der Waals surface area (Å²) in [6.07, 6.45) is 0. The Hall–Kier alpha value is -2.77. The van der Waals surface area contributed by atoms with Crippen LogP contribution < -0.4 is 5.32 Å². The monoisotopic (exact) mass is 288 g/mol. The van der Waals surface area contributed by atoms with Crippen molar-refractivity contribution in [2.45, 2.75) is 6.54 Å². The van der Waals surface area contributed by atoms with Gasteiger partial charge in [0.1, 0.15) is 6.54 Å². The van der Waals surface area contributed by atoms with Crippen LogP contribution in [0.1, 0.15) is 0 Å². The Kier molecular flexibility index (Phi) is 4.60. The molecule has 0 aliphatic heterocycles. The quantitative estimate of drug-likeness (QED) is 0.804. The highest BCUT2D eigenvalue weighted by molar-refractivity contribution is 5.84. The summed E-state index contributed by atoms with van der Waals surface area (Å²) in [5.41, 5.74) is 0.829. The van der Waals surface area contributed by atoms with Gasteiger partial charge in [0.15, 0.2) is 0 Å². The molecule has 1 aromatic carbocycles. The standard InChI is InChI=1S/C13H16N6O2/c1-14-11(20)8-18(2)12(21)9-19-16-13(15-17-19)10-6-4-3-5-7-10/h3-7H,8-9H2,1-2H3,(H,14,20). The van der Waals surface area contributed by atoms with Crippen LogP contribution in [-0.2, 0) is 16.1 Å². The van der Waals surface area contributed by atoms with Crippen molar-refractivity contribution in [2.75, 3.05) is 20.6 Å². The van der Waals surface area contributed by atoms with Gasteiger partial charge in [-0.25, -0.2) is 0 Å². The topological polar surface area (TPSA) is 93.0 Å². The van der Waals surface area contributed by atoms with Crippen molar-refractivity contribution in [1.29, 1.82) is 0 Å². The predicted molar refractivity (Wildman–Crippen MR) is 75.0 cm³/mol. The van der Waals surface area contributed by atoms with Gasteiger partial charge in [-0.05, 0) is 5.21 Å². The van der Waals surface area contributed by atoms with E-state index in [2.05, 4.69) is 20.7 Å². The van der Waals surface area contributed by atoms with E-state index in [-0.39, 0.29) is 24.9 Å². The first-order valence-electron chi connectivity index (χ1n) is 6.38. The molecule has 0 aliphatic carbocycles. The Labute approximate surface area is 121 Å². The summed E-state index contributed by atoms with van der Waals surface area (Å²) in [4.78, 5) is 25.7. The van der Waals surface area contributed by atoms with Crippen LogP contribution in [-0.4, -0.2) is 57.6 Å². The molecule has 0 aliphatic rings. The SMILES string of the molecule is CNC(=O)CN(C)C(=O)Cn1nnc(-c2ccccc2)n1. The maximum absolute atomic E-state index is 11.9. The highest BCUT2D eigenvalue weighted by atomic mass is 16.2. The van der Waals surface area contributed by atoms with Crippen molar-refractivity contribution in [3.8, 4) is 11.4 Å². The maximum atomic E-state index is 11.9. The molecule has 0 bridgehead atoms. The van der Waals surface area contributed by atoms with E-state index in [9.17, 15) is 9.59 Å². The fourth-order valence-electron chi connectivity index (χ4n) is 1.64. The first kappa shape index (κ1) is 14.6. The second-order valence-corrected chi connectivity index (χ2v) is 4.43. The fraction of sp³-hybridized carbons (Fsp3) is 0.308. The molecule has 0 saturated carbocycles. The van der Waals surface area contributed by atoms with Gasteiger partial charge < -0.3 is 10.2 Å². The van der Waals surface area contributed by atoms with Gasteiger partial charge in [-0.3, -0.25) is 9.59 Å². The van der Waals surface area contributed by atoms with Crippen LogP contribution in [0.5, 0.6) is 0 Å². The number of carbonyl (C=O) groups excluding carboxylic acids is 2. The number of likely N-dealkylation sites (N-methyl/N-ethyl adjacent to an activating group) is 2. The maximum Gasteiger partial charge on any atom is 0.246 e. The molecule has 1 heterocycles. The molecule has 0 radical (unpaired) electrons. The summed E-state index contributed by atoms with van der Waals surface area (Å²) in [5, 5.41) is 14.4. The lowest BCUT2D eigenvalue weighted by atomic mass is 10.2. The highest BCUT2D eigenvalue weighted by Gasteiger charge is 2.14. The summed E-state index contributed by atoms with van der Waals surface area (Å²) < 4.78 is 0. The number of aromatic nitrogens is 4. The molecule has 2 aromatic rings. The Balaban J connectivity index is 1.99. The zero-order chi connectivity index (χ0) is 15.2. The number of carbonyl (C=O) groups is 2. The number of rotatable bonds is 5. The number of hydrogen-bond acceptors (Lipinski definition) is 5. The van der Waals surface area contributed by atoms with E-state index in [1.807, 2.05) is 30.3 Å². The summed E-state index contributed by atoms with van der Waals surface area (Å²) in [7, 11) is 3.07. The van der Waals surface area contributed by atoms with Gasteiger partial charge in [0.2, 0.25) is 17.6 Å². The fourth-order valence-corrected chi connectivity index (χ4v) is 1.64. The molecule has 2 rings (SSSR count). The molecule has 0 fully saturated rings. The third-order valence-electron chi connectivity index (χ3n) is 2.85. The van der Waals surface area contributed by atoms with Crippen LogP contribution in [0.4, 0.5) is 0 Å². The van der Waals surface area contributed by atoms with E-state index in [4.69, 9.17) is 0 Å². The van der Waals surface area contributed by atoms with Gasteiger partial charge in [0, 0.05) is 19.7 Å². The van der Waals surface area contributed by atoms with Crippen molar-refractivity contribution >= 4 is 11.8 Å². The Morgan fingerprint density at radius 3 is 2.67 bits per heavy atom. The van der Waals surface area contributed by atoms with Gasteiger partial charge in [-0.15, -0.1) is 10.2 Å². The molecular weight excluding hydrogens is 272 g/mol. The third kappa shape index (κ3) is 3.85. The molecule has 0 saturated heterocycles. The van der Waals surface area contributed by atoms with E-state index in [1.54, 1.807) is 7.05 Å². The van der Waals surface area contributed by atoms with Gasteiger partial charge in [-0.1, -0.05) is 30.3 Å². The second kappa shape index (κ2) is 6.60. The van der Waals surface area contributed by atoms with Crippen molar-refractivity contribution in [3.05, 3.63) is 30.3 Å². The molecule has 0 atom stereocenters. The average molecular weight is 288 g/mol. The number of benzene rings is 1.